The van der Waals surface area contributed by atoms with E-state index < -0.39 is 0 Å². The van der Waals surface area contributed by atoms with Crippen LogP contribution in [0.25, 0.3) is 0 Å². The first-order valence-electron chi connectivity index (χ1n) is 9.90. The van der Waals surface area contributed by atoms with Crippen LogP contribution in [0.15, 0.2) is 47.6 Å². The van der Waals surface area contributed by atoms with E-state index in [-0.39, 0.29) is 11.7 Å². The van der Waals surface area contributed by atoms with Crippen LogP contribution in [0.3, 0.4) is 0 Å². The lowest BCUT2D eigenvalue weighted by Gasteiger charge is -2.10. The monoisotopic (exact) mass is 478 g/mol. The van der Waals surface area contributed by atoms with E-state index in [1.807, 2.05) is 23.6 Å². The Hall–Kier alpha value is -2.22. The van der Waals surface area contributed by atoms with E-state index in [0.29, 0.717) is 45.8 Å². The van der Waals surface area contributed by atoms with Crippen molar-refractivity contribution < 1.29 is 9.53 Å². The van der Waals surface area contributed by atoms with Crippen LogP contribution in [0.1, 0.15) is 38.1 Å². The summed E-state index contributed by atoms with van der Waals surface area (Å²) in [4.78, 5) is 12.3. The second-order valence-electron chi connectivity index (χ2n) is 7.12. The molecule has 0 aliphatic heterocycles. The van der Waals surface area contributed by atoms with Crippen molar-refractivity contribution >= 4 is 46.6 Å². The predicted octanol–water partition coefficient (Wildman–Crippen LogP) is 6.04. The van der Waals surface area contributed by atoms with Crippen molar-refractivity contribution in [3.05, 3.63) is 63.9 Å². The minimum Gasteiger partial charge on any atom is -0.486 e. The molecule has 31 heavy (non-hydrogen) atoms. The van der Waals surface area contributed by atoms with E-state index in [0.717, 1.165) is 5.75 Å². The molecule has 0 bridgehead atoms. The molecule has 0 aliphatic rings. The van der Waals surface area contributed by atoms with Gasteiger partial charge >= 0.3 is 0 Å². The zero-order valence-electron chi connectivity index (χ0n) is 17.6. The molecule has 6 nitrogen and oxygen atoms in total. The number of aromatic nitrogens is 3. The van der Waals surface area contributed by atoms with Gasteiger partial charge in [-0.2, -0.15) is 0 Å². The third-order valence-corrected chi connectivity index (χ3v) is 6.09. The van der Waals surface area contributed by atoms with Crippen LogP contribution < -0.4 is 10.1 Å². The average Bonchev–Trinajstić information content (AvgIpc) is 3.15. The number of thioether (sulfide) groups is 1. The van der Waals surface area contributed by atoms with Crippen LogP contribution >= 0.6 is 35.0 Å². The standard InChI is InChI=1S/C22H24Cl2N4O2S/c1-4-28-20(12-30-17-8-5-15(6-9-17)14(2)3)26-27-22(28)31-13-21(29)25-19-11-16(23)7-10-18(19)24/h5-11,14H,4,12-13H2,1-3H3,(H,25,29). The molecule has 0 saturated heterocycles. The first-order chi connectivity index (χ1) is 14.9. The predicted molar refractivity (Wildman–Crippen MR) is 126 cm³/mol. The molecule has 1 heterocycles. The Kier molecular flexibility index (Phi) is 8.23. The summed E-state index contributed by atoms with van der Waals surface area (Å²) in [6, 6.07) is 13.0. The number of halogens is 2. The summed E-state index contributed by atoms with van der Waals surface area (Å²) in [5.74, 6) is 1.92. The fraction of sp³-hybridized carbons (Fsp3) is 0.318. The molecule has 0 aliphatic carbocycles. The van der Waals surface area contributed by atoms with Crippen molar-refractivity contribution in [2.45, 2.75) is 45.0 Å². The quantitative estimate of drug-likeness (QED) is 0.379. The number of carbonyl (C=O) groups is 1. The second kappa shape index (κ2) is 10.9. The molecule has 2 aromatic carbocycles. The van der Waals surface area contributed by atoms with Crippen LogP contribution in [0.5, 0.6) is 5.75 Å². The Bertz CT molecular complexity index is 1040. The van der Waals surface area contributed by atoms with Crippen LogP contribution in [0.4, 0.5) is 5.69 Å². The maximum Gasteiger partial charge on any atom is 0.234 e. The van der Waals surface area contributed by atoms with Gasteiger partial charge in [0.1, 0.15) is 12.4 Å². The molecule has 0 atom stereocenters. The van der Waals surface area contributed by atoms with Gasteiger partial charge in [0.25, 0.3) is 0 Å². The van der Waals surface area contributed by atoms with Gasteiger partial charge in [-0.3, -0.25) is 4.79 Å². The van der Waals surface area contributed by atoms with E-state index in [4.69, 9.17) is 27.9 Å². The van der Waals surface area contributed by atoms with E-state index in [2.05, 4.69) is 41.5 Å². The minimum atomic E-state index is -0.206. The maximum atomic E-state index is 12.3. The number of nitrogens with one attached hydrogen (secondary N) is 1. The molecule has 0 saturated carbocycles. The summed E-state index contributed by atoms with van der Waals surface area (Å²) in [7, 11) is 0. The number of nitrogens with zero attached hydrogens (tertiary/aromatic N) is 3. The third-order valence-electron chi connectivity index (χ3n) is 4.56. The lowest BCUT2D eigenvalue weighted by Crippen LogP contribution is -2.15. The number of benzene rings is 2. The molecule has 1 N–H and O–H groups in total. The van der Waals surface area contributed by atoms with E-state index in [1.165, 1.54) is 17.3 Å². The Balaban J connectivity index is 1.58. The molecule has 0 radical (unpaired) electrons. The van der Waals surface area contributed by atoms with E-state index >= 15 is 0 Å². The van der Waals surface area contributed by atoms with Crippen molar-refractivity contribution in [2.24, 2.45) is 0 Å². The summed E-state index contributed by atoms with van der Waals surface area (Å²) in [6.07, 6.45) is 0. The summed E-state index contributed by atoms with van der Waals surface area (Å²) in [5, 5.41) is 12.8. The van der Waals surface area contributed by atoms with Crippen molar-refractivity contribution in [3.8, 4) is 5.75 Å². The lowest BCUT2D eigenvalue weighted by atomic mass is 10.0. The topological polar surface area (TPSA) is 69.0 Å². The van der Waals surface area contributed by atoms with E-state index in [9.17, 15) is 4.79 Å². The molecule has 164 valence electrons. The van der Waals surface area contributed by atoms with Crippen molar-refractivity contribution in [3.63, 3.8) is 0 Å². The van der Waals surface area contributed by atoms with Gasteiger partial charge in [-0.1, -0.05) is 60.9 Å². The molecule has 1 amide bonds. The SMILES string of the molecule is CCn1c(COc2ccc(C(C)C)cc2)nnc1SCC(=O)Nc1cc(Cl)ccc1Cl. The third kappa shape index (κ3) is 6.38. The first-order valence-corrected chi connectivity index (χ1v) is 11.6. The van der Waals surface area contributed by atoms with Gasteiger partial charge in [0, 0.05) is 11.6 Å². The smallest absolute Gasteiger partial charge is 0.234 e. The lowest BCUT2D eigenvalue weighted by molar-refractivity contribution is -0.113. The number of carbonyl (C=O) groups excluding carboxylic acids is 1. The number of hydrogen-bond donors (Lipinski definition) is 1. The fourth-order valence-electron chi connectivity index (χ4n) is 2.86. The van der Waals surface area contributed by atoms with E-state index in [1.54, 1.807) is 18.2 Å². The molecule has 0 fully saturated rings. The van der Waals surface area contributed by atoms with Crippen molar-refractivity contribution in [2.75, 3.05) is 11.1 Å². The number of ether oxygens (including phenoxy) is 1. The average molecular weight is 479 g/mol. The molecule has 3 aromatic rings. The highest BCUT2D eigenvalue weighted by atomic mass is 35.5. The van der Waals surface area contributed by atoms with Crippen molar-refractivity contribution in [1.82, 2.24) is 14.8 Å². The minimum absolute atomic E-state index is 0.165. The molecular formula is C22H24Cl2N4O2S. The Morgan fingerprint density at radius 3 is 2.58 bits per heavy atom. The molecular weight excluding hydrogens is 455 g/mol. The maximum absolute atomic E-state index is 12.3. The summed E-state index contributed by atoms with van der Waals surface area (Å²) < 4.78 is 7.81. The van der Waals surface area contributed by atoms with Crippen LogP contribution in [0, 0.1) is 0 Å². The van der Waals surface area contributed by atoms with Gasteiger partial charge in [-0.25, -0.2) is 0 Å². The van der Waals surface area contributed by atoms with Gasteiger partial charge < -0.3 is 14.6 Å². The highest BCUT2D eigenvalue weighted by Gasteiger charge is 2.15. The van der Waals surface area contributed by atoms with Gasteiger partial charge in [-0.15, -0.1) is 10.2 Å². The zero-order valence-corrected chi connectivity index (χ0v) is 19.9. The Labute approximate surface area is 196 Å². The van der Waals surface area contributed by atoms with Gasteiger partial charge in [0.05, 0.1) is 16.5 Å². The summed E-state index contributed by atoms with van der Waals surface area (Å²) >= 11 is 13.4. The highest BCUT2D eigenvalue weighted by molar-refractivity contribution is 7.99. The number of rotatable bonds is 9. The number of amides is 1. The first kappa shape index (κ1) is 23.4. The van der Waals surface area contributed by atoms with Crippen LogP contribution in [0.2, 0.25) is 10.0 Å². The summed E-state index contributed by atoms with van der Waals surface area (Å²) in [5.41, 5.74) is 1.74. The highest BCUT2D eigenvalue weighted by Crippen LogP contribution is 2.26. The molecule has 1 aromatic heterocycles. The molecule has 9 heteroatoms. The second-order valence-corrected chi connectivity index (χ2v) is 8.90. The largest absolute Gasteiger partial charge is 0.486 e. The van der Waals surface area contributed by atoms with Crippen LogP contribution in [-0.2, 0) is 17.9 Å². The molecule has 3 rings (SSSR count). The normalized spacial score (nSPS) is 11.0. The zero-order chi connectivity index (χ0) is 22.4. The number of hydrogen-bond acceptors (Lipinski definition) is 5. The Morgan fingerprint density at radius 2 is 1.90 bits per heavy atom. The summed E-state index contributed by atoms with van der Waals surface area (Å²) in [6.45, 7) is 7.28. The van der Waals surface area contributed by atoms with Gasteiger partial charge in [0.2, 0.25) is 5.91 Å². The van der Waals surface area contributed by atoms with Crippen molar-refractivity contribution in [1.29, 1.82) is 0 Å². The Morgan fingerprint density at radius 1 is 1.16 bits per heavy atom. The molecule has 0 unspecified atom stereocenters. The van der Waals surface area contributed by atoms with Gasteiger partial charge in [-0.05, 0) is 48.7 Å². The molecule has 0 spiro atoms. The fourth-order valence-corrected chi connectivity index (χ4v) is 4.01. The number of anilines is 1. The van der Waals surface area contributed by atoms with Crippen LogP contribution in [-0.4, -0.2) is 26.4 Å². The van der Waals surface area contributed by atoms with Gasteiger partial charge in [0.15, 0.2) is 11.0 Å².